The number of ether oxygens (including phenoxy) is 2. The van der Waals surface area contributed by atoms with Crippen molar-refractivity contribution in [1.29, 1.82) is 0 Å². The summed E-state index contributed by atoms with van der Waals surface area (Å²) in [5, 5.41) is 2.65. The molecule has 0 saturated carbocycles. The number of benzene rings is 1. The zero-order chi connectivity index (χ0) is 16.9. The lowest BCUT2D eigenvalue weighted by molar-refractivity contribution is 0.187. The van der Waals surface area contributed by atoms with Gasteiger partial charge in [-0.25, -0.2) is 9.78 Å². The van der Waals surface area contributed by atoms with Crippen molar-refractivity contribution in [2.24, 2.45) is 5.73 Å². The molecule has 3 rings (SSSR count). The highest BCUT2D eigenvalue weighted by Crippen LogP contribution is 2.33. The third kappa shape index (κ3) is 3.68. The van der Waals surface area contributed by atoms with Crippen LogP contribution in [0.2, 0.25) is 0 Å². The Morgan fingerprint density at radius 3 is 3.12 bits per heavy atom. The first-order chi connectivity index (χ1) is 11.7. The van der Waals surface area contributed by atoms with Crippen LogP contribution in [0.4, 0.5) is 10.5 Å². The maximum absolute atomic E-state index is 11.4. The van der Waals surface area contributed by atoms with Crippen LogP contribution >= 0.6 is 0 Å². The highest BCUT2D eigenvalue weighted by Gasteiger charge is 2.16. The van der Waals surface area contributed by atoms with Crippen molar-refractivity contribution < 1.29 is 14.3 Å². The number of imidazole rings is 1. The molecular formula is C17H22N4O3. The van der Waals surface area contributed by atoms with Gasteiger partial charge in [0, 0.05) is 17.3 Å². The number of methoxy groups -OCH3 is 1. The second kappa shape index (κ2) is 7.35. The number of hydrogen-bond acceptors (Lipinski definition) is 5. The number of aromatic nitrogens is 2. The van der Waals surface area contributed by atoms with E-state index in [-0.39, 0.29) is 6.04 Å². The largest absolute Gasteiger partial charge is 0.493 e. The van der Waals surface area contributed by atoms with Crippen molar-refractivity contribution in [2.75, 3.05) is 19.0 Å². The molecule has 128 valence electrons. The Balaban J connectivity index is 1.95. The first-order valence-electron chi connectivity index (χ1n) is 8.10. The molecule has 0 unspecified atom stereocenters. The molecule has 2 bridgehead atoms. The number of hydrogen-bond donors (Lipinski definition) is 3. The van der Waals surface area contributed by atoms with Crippen LogP contribution in [0.1, 0.15) is 37.5 Å². The molecule has 0 radical (unpaired) electrons. The van der Waals surface area contributed by atoms with Gasteiger partial charge in [-0.15, -0.1) is 0 Å². The summed E-state index contributed by atoms with van der Waals surface area (Å²) < 4.78 is 10.6. The number of anilines is 1. The molecular weight excluding hydrogens is 308 g/mol. The van der Waals surface area contributed by atoms with E-state index >= 15 is 0 Å². The molecule has 2 aromatic rings. The van der Waals surface area contributed by atoms with Gasteiger partial charge in [0.15, 0.2) is 0 Å². The van der Waals surface area contributed by atoms with Crippen LogP contribution < -0.4 is 15.8 Å². The van der Waals surface area contributed by atoms with Gasteiger partial charge in [-0.3, -0.25) is 5.32 Å². The lowest BCUT2D eigenvalue weighted by atomic mass is 10.1. The molecule has 1 atom stereocenters. The summed E-state index contributed by atoms with van der Waals surface area (Å²) in [7, 11) is 1.33. The summed E-state index contributed by atoms with van der Waals surface area (Å²) in [5.74, 6) is 1.47. The highest BCUT2D eigenvalue weighted by molar-refractivity contribution is 5.86. The molecule has 1 aliphatic heterocycles. The molecule has 1 aromatic carbocycles. The van der Waals surface area contributed by atoms with Crippen molar-refractivity contribution in [3.8, 4) is 17.0 Å². The number of rotatable bonds is 1. The van der Waals surface area contributed by atoms with Crippen LogP contribution in [0, 0.1) is 0 Å². The van der Waals surface area contributed by atoms with Crippen molar-refractivity contribution >= 4 is 11.8 Å². The average Bonchev–Trinajstić information content (AvgIpc) is 3.07. The van der Waals surface area contributed by atoms with Crippen molar-refractivity contribution in [3.63, 3.8) is 0 Å². The highest BCUT2D eigenvalue weighted by atomic mass is 16.5. The van der Waals surface area contributed by atoms with E-state index in [1.54, 1.807) is 18.3 Å². The topological polar surface area (TPSA) is 102 Å². The number of carbonyl (C=O) groups is 1. The fraction of sp³-hybridized carbons (Fsp3) is 0.412. The fourth-order valence-corrected chi connectivity index (χ4v) is 2.73. The molecule has 0 aliphatic carbocycles. The molecule has 4 N–H and O–H groups in total. The molecule has 1 aliphatic rings. The molecule has 7 heteroatoms. The van der Waals surface area contributed by atoms with Crippen molar-refractivity contribution in [2.45, 2.75) is 31.7 Å². The van der Waals surface area contributed by atoms with E-state index < -0.39 is 6.09 Å². The quantitative estimate of drug-likeness (QED) is 0.745. The lowest BCUT2D eigenvalue weighted by Crippen LogP contribution is -2.12. The summed E-state index contributed by atoms with van der Waals surface area (Å²) >= 11 is 0. The second-order valence-electron chi connectivity index (χ2n) is 5.81. The van der Waals surface area contributed by atoms with Crippen LogP contribution in [0.25, 0.3) is 11.3 Å². The smallest absolute Gasteiger partial charge is 0.411 e. The van der Waals surface area contributed by atoms with Gasteiger partial charge in [0.05, 0.1) is 31.6 Å². The van der Waals surface area contributed by atoms with E-state index in [9.17, 15) is 4.79 Å². The van der Waals surface area contributed by atoms with Gasteiger partial charge in [0.1, 0.15) is 11.6 Å². The number of fused-ring (bicyclic) bond motifs is 4. The standard InChI is InChI=1S/C17H22N4O3/c1-23-17(22)20-11-6-7-12-14-10-19-16(21-14)13(18)5-3-2-4-8-24-15(12)9-11/h6-7,9-10,13H,2-5,8,18H2,1H3,(H,19,21)(H,20,22)/t13-/m0/s1. The van der Waals surface area contributed by atoms with Crippen LogP contribution in [-0.4, -0.2) is 29.8 Å². The SMILES string of the molecule is COC(=O)Nc1ccc2c(c1)OCCCCC[C@H](N)c1ncc-2[nH]1. The van der Waals surface area contributed by atoms with Gasteiger partial charge in [0.2, 0.25) is 0 Å². The number of amides is 1. The Morgan fingerprint density at radius 1 is 1.42 bits per heavy atom. The third-order valence-corrected chi connectivity index (χ3v) is 4.07. The molecule has 2 heterocycles. The average molecular weight is 330 g/mol. The Hall–Kier alpha value is -2.54. The van der Waals surface area contributed by atoms with E-state index in [1.165, 1.54) is 7.11 Å². The Morgan fingerprint density at radius 2 is 2.29 bits per heavy atom. The second-order valence-corrected chi connectivity index (χ2v) is 5.81. The van der Waals surface area contributed by atoms with Crippen LogP contribution in [0.5, 0.6) is 5.75 Å². The summed E-state index contributed by atoms with van der Waals surface area (Å²) in [6, 6.07) is 5.39. The maximum atomic E-state index is 11.4. The summed E-state index contributed by atoms with van der Waals surface area (Å²) in [6.07, 6.45) is 5.20. The van der Waals surface area contributed by atoms with E-state index in [1.807, 2.05) is 6.07 Å². The molecule has 1 amide bonds. The molecule has 7 nitrogen and oxygen atoms in total. The van der Waals surface area contributed by atoms with Gasteiger partial charge < -0.3 is 20.2 Å². The number of carbonyl (C=O) groups excluding carboxylic acids is 1. The number of aromatic amines is 1. The Labute approximate surface area is 140 Å². The summed E-state index contributed by atoms with van der Waals surface area (Å²) in [4.78, 5) is 19.1. The third-order valence-electron chi connectivity index (χ3n) is 4.07. The minimum absolute atomic E-state index is 0.0807. The predicted molar refractivity (Wildman–Crippen MR) is 90.9 cm³/mol. The zero-order valence-electron chi connectivity index (χ0n) is 13.7. The number of H-pyrrole nitrogens is 1. The van der Waals surface area contributed by atoms with Crippen LogP contribution in [0.3, 0.4) is 0 Å². The van der Waals surface area contributed by atoms with Crippen LogP contribution in [-0.2, 0) is 4.74 Å². The van der Waals surface area contributed by atoms with Gasteiger partial charge in [-0.05, 0) is 31.4 Å². The minimum Gasteiger partial charge on any atom is -0.493 e. The number of nitrogens with zero attached hydrogens (tertiary/aromatic N) is 1. The number of nitrogens with two attached hydrogens (primary N) is 1. The zero-order valence-corrected chi connectivity index (χ0v) is 13.7. The van der Waals surface area contributed by atoms with E-state index in [0.717, 1.165) is 42.8 Å². The predicted octanol–water partition coefficient (Wildman–Crippen LogP) is 3.21. The van der Waals surface area contributed by atoms with Gasteiger partial charge >= 0.3 is 6.09 Å². The molecule has 24 heavy (non-hydrogen) atoms. The monoisotopic (exact) mass is 330 g/mol. The fourth-order valence-electron chi connectivity index (χ4n) is 2.73. The van der Waals surface area contributed by atoms with Crippen molar-refractivity contribution in [3.05, 3.63) is 30.2 Å². The summed E-state index contributed by atoms with van der Waals surface area (Å²) in [5.41, 5.74) is 8.54. The Bertz CT molecular complexity index is 714. The Kier molecular flexibility index (Phi) is 5.00. The van der Waals surface area contributed by atoms with Crippen molar-refractivity contribution in [1.82, 2.24) is 9.97 Å². The van der Waals surface area contributed by atoms with Gasteiger partial charge in [-0.2, -0.15) is 0 Å². The molecule has 0 spiro atoms. The number of nitrogens with one attached hydrogen (secondary N) is 2. The van der Waals surface area contributed by atoms with Crippen LogP contribution in [0.15, 0.2) is 24.4 Å². The lowest BCUT2D eigenvalue weighted by Gasteiger charge is -2.14. The van der Waals surface area contributed by atoms with E-state index in [2.05, 4.69) is 20.0 Å². The molecule has 0 saturated heterocycles. The van der Waals surface area contributed by atoms with E-state index in [0.29, 0.717) is 18.0 Å². The maximum Gasteiger partial charge on any atom is 0.411 e. The molecule has 1 aromatic heterocycles. The summed E-state index contributed by atoms with van der Waals surface area (Å²) in [6.45, 7) is 0.616. The normalized spacial score (nSPS) is 17.7. The first-order valence-corrected chi connectivity index (χ1v) is 8.10. The first kappa shape index (κ1) is 16.3. The minimum atomic E-state index is -0.516. The van der Waals surface area contributed by atoms with Gasteiger partial charge in [0.25, 0.3) is 0 Å². The van der Waals surface area contributed by atoms with E-state index in [4.69, 9.17) is 10.5 Å². The van der Waals surface area contributed by atoms with Gasteiger partial charge in [-0.1, -0.05) is 6.42 Å². The molecule has 0 fully saturated rings.